The van der Waals surface area contributed by atoms with Crippen molar-refractivity contribution in [1.29, 1.82) is 0 Å². The van der Waals surface area contributed by atoms with Gasteiger partial charge in [0, 0.05) is 33.0 Å². The predicted molar refractivity (Wildman–Crippen MR) is 111 cm³/mol. The van der Waals surface area contributed by atoms with Crippen LogP contribution < -0.4 is 10.9 Å². The molecule has 0 saturated heterocycles. The van der Waals surface area contributed by atoms with E-state index in [1.807, 2.05) is 6.92 Å². The Morgan fingerprint density at radius 1 is 1.27 bits per heavy atom. The van der Waals surface area contributed by atoms with Crippen molar-refractivity contribution >= 4 is 16.9 Å². The van der Waals surface area contributed by atoms with Gasteiger partial charge in [0.2, 0.25) is 0 Å². The van der Waals surface area contributed by atoms with E-state index in [4.69, 9.17) is 4.74 Å². The van der Waals surface area contributed by atoms with Gasteiger partial charge in [0.15, 0.2) is 5.75 Å². The number of hydrogen-bond acceptors (Lipinski definition) is 5. The van der Waals surface area contributed by atoms with Crippen molar-refractivity contribution in [2.75, 3.05) is 19.8 Å². The molecule has 7 nitrogen and oxygen atoms in total. The monoisotopic (exact) mass is 413 g/mol. The number of carbonyl (C=O) groups excluding carboxylic acids is 1. The summed E-state index contributed by atoms with van der Waals surface area (Å²) in [5.41, 5.74) is 1.30. The smallest absolute Gasteiger partial charge is 0.267 e. The standard InChI is InChI=1S/C22H24FN3O4/c1-3-30-10-4-9-24-21(28)18-20(27)19-17(26(2)22(18)29)12-15(13-25-19)11-14-5-7-16(23)8-6-14/h5-8,12-13,27H,3-4,9-11H2,1-2H3,(H,24,28). The second kappa shape index (κ2) is 9.49. The Morgan fingerprint density at radius 2 is 2.00 bits per heavy atom. The first-order valence-electron chi connectivity index (χ1n) is 9.73. The van der Waals surface area contributed by atoms with E-state index >= 15 is 0 Å². The van der Waals surface area contributed by atoms with Crippen LogP contribution >= 0.6 is 0 Å². The van der Waals surface area contributed by atoms with Crippen molar-refractivity contribution in [1.82, 2.24) is 14.9 Å². The number of nitrogens with one attached hydrogen (secondary N) is 1. The summed E-state index contributed by atoms with van der Waals surface area (Å²) in [5.74, 6) is -1.40. The van der Waals surface area contributed by atoms with Gasteiger partial charge in [-0.15, -0.1) is 0 Å². The van der Waals surface area contributed by atoms with Gasteiger partial charge in [0.1, 0.15) is 16.9 Å². The maximum absolute atomic E-state index is 13.1. The lowest BCUT2D eigenvalue weighted by atomic mass is 10.1. The van der Waals surface area contributed by atoms with Crippen LogP contribution in [0.4, 0.5) is 4.39 Å². The number of rotatable bonds is 8. The molecule has 0 aliphatic rings. The van der Waals surface area contributed by atoms with E-state index in [0.29, 0.717) is 38.1 Å². The first-order valence-corrected chi connectivity index (χ1v) is 9.73. The van der Waals surface area contributed by atoms with Gasteiger partial charge >= 0.3 is 0 Å². The molecule has 0 saturated carbocycles. The van der Waals surface area contributed by atoms with Gasteiger partial charge in [0.25, 0.3) is 11.5 Å². The SMILES string of the molecule is CCOCCCNC(=O)c1c(O)c2ncc(Cc3ccc(F)cc3)cc2n(C)c1=O. The zero-order chi connectivity index (χ0) is 21.7. The van der Waals surface area contributed by atoms with Gasteiger partial charge in [-0.2, -0.15) is 0 Å². The molecule has 2 aromatic heterocycles. The maximum Gasteiger partial charge on any atom is 0.267 e. The number of ether oxygens (including phenoxy) is 1. The third-order valence-corrected chi connectivity index (χ3v) is 4.77. The van der Waals surface area contributed by atoms with Crippen LogP contribution in [0.1, 0.15) is 34.8 Å². The summed E-state index contributed by atoms with van der Waals surface area (Å²) in [5, 5.41) is 13.2. The van der Waals surface area contributed by atoms with Crippen LogP contribution in [0.5, 0.6) is 5.75 Å². The van der Waals surface area contributed by atoms with Crippen molar-refractivity contribution in [3.05, 3.63) is 69.4 Å². The average Bonchev–Trinajstić information content (AvgIpc) is 2.74. The normalized spacial score (nSPS) is 11.0. The highest BCUT2D eigenvalue weighted by molar-refractivity contribution is 6.01. The minimum atomic E-state index is -0.649. The number of carbonyl (C=O) groups is 1. The van der Waals surface area contributed by atoms with Gasteiger partial charge < -0.3 is 19.7 Å². The summed E-state index contributed by atoms with van der Waals surface area (Å²) in [6.45, 7) is 3.29. The van der Waals surface area contributed by atoms with E-state index in [0.717, 1.165) is 11.1 Å². The Hall–Kier alpha value is -3.26. The number of hydrogen-bond donors (Lipinski definition) is 2. The first-order chi connectivity index (χ1) is 14.4. The minimum Gasteiger partial charge on any atom is -0.505 e. The largest absolute Gasteiger partial charge is 0.505 e. The zero-order valence-corrected chi connectivity index (χ0v) is 16.9. The van der Waals surface area contributed by atoms with E-state index in [1.54, 1.807) is 24.4 Å². The molecule has 0 atom stereocenters. The molecule has 8 heteroatoms. The van der Waals surface area contributed by atoms with Crippen LogP contribution in [0, 0.1) is 5.82 Å². The molecule has 1 amide bonds. The molecule has 30 heavy (non-hydrogen) atoms. The van der Waals surface area contributed by atoms with E-state index in [9.17, 15) is 19.1 Å². The Balaban J connectivity index is 1.88. The molecule has 1 aromatic carbocycles. The Labute approximate surface area is 173 Å². The van der Waals surface area contributed by atoms with Gasteiger partial charge in [0.05, 0.1) is 5.52 Å². The summed E-state index contributed by atoms with van der Waals surface area (Å²) >= 11 is 0. The van der Waals surface area contributed by atoms with Crippen LogP contribution in [0.2, 0.25) is 0 Å². The summed E-state index contributed by atoms with van der Waals surface area (Å²) in [4.78, 5) is 29.5. The highest BCUT2D eigenvalue weighted by Gasteiger charge is 2.22. The summed E-state index contributed by atoms with van der Waals surface area (Å²) in [6.07, 6.45) is 2.65. The van der Waals surface area contributed by atoms with Gasteiger partial charge in [-0.05, 0) is 49.1 Å². The molecule has 0 radical (unpaired) electrons. The van der Waals surface area contributed by atoms with E-state index in [-0.39, 0.29) is 16.9 Å². The number of nitrogens with zero attached hydrogens (tertiary/aromatic N) is 2. The van der Waals surface area contributed by atoms with Crippen LogP contribution in [0.3, 0.4) is 0 Å². The van der Waals surface area contributed by atoms with Crippen LogP contribution in [0.25, 0.3) is 11.0 Å². The quantitative estimate of drug-likeness (QED) is 0.554. The fourth-order valence-electron chi connectivity index (χ4n) is 3.18. The first kappa shape index (κ1) is 21.4. The van der Waals surface area contributed by atoms with Crippen molar-refractivity contribution in [3.63, 3.8) is 0 Å². The summed E-state index contributed by atoms with van der Waals surface area (Å²) < 4.78 is 19.6. The van der Waals surface area contributed by atoms with Crippen LogP contribution in [-0.4, -0.2) is 40.3 Å². The van der Waals surface area contributed by atoms with Gasteiger partial charge in [-0.1, -0.05) is 12.1 Å². The molecule has 0 bridgehead atoms. The fraction of sp³-hybridized carbons (Fsp3) is 0.318. The van der Waals surface area contributed by atoms with E-state index < -0.39 is 17.2 Å². The molecule has 2 N–H and O–H groups in total. The topological polar surface area (TPSA) is 93.4 Å². The lowest BCUT2D eigenvalue weighted by Crippen LogP contribution is -2.33. The molecule has 0 spiro atoms. The number of amides is 1. The molecule has 3 aromatic rings. The van der Waals surface area contributed by atoms with Gasteiger partial charge in [-0.25, -0.2) is 4.39 Å². The third-order valence-electron chi connectivity index (χ3n) is 4.77. The number of halogens is 1. The van der Waals surface area contributed by atoms with Crippen LogP contribution in [0.15, 0.2) is 41.3 Å². The molecular weight excluding hydrogens is 389 g/mol. The fourth-order valence-corrected chi connectivity index (χ4v) is 3.18. The summed E-state index contributed by atoms with van der Waals surface area (Å²) in [7, 11) is 1.53. The maximum atomic E-state index is 13.1. The predicted octanol–water partition coefficient (Wildman–Crippen LogP) is 2.53. The molecule has 0 fully saturated rings. The number of pyridine rings is 2. The Morgan fingerprint density at radius 3 is 2.70 bits per heavy atom. The molecule has 158 valence electrons. The highest BCUT2D eigenvalue weighted by atomic mass is 19.1. The molecule has 0 aliphatic heterocycles. The average molecular weight is 413 g/mol. The second-order valence-electron chi connectivity index (χ2n) is 6.91. The Kier molecular flexibility index (Phi) is 6.79. The second-order valence-corrected chi connectivity index (χ2v) is 6.91. The molecule has 0 unspecified atom stereocenters. The van der Waals surface area contributed by atoms with Gasteiger partial charge in [-0.3, -0.25) is 14.6 Å². The summed E-state index contributed by atoms with van der Waals surface area (Å²) in [6, 6.07) is 7.84. The number of aromatic hydroxyl groups is 1. The Bertz CT molecular complexity index is 1110. The molecule has 3 rings (SSSR count). The zero-order valence-electron chi connectivity index (χ0n) is 16.9. The number of fused-ring (bicyclic) bond motifs is 1. The number of aryl methyl sites for hydroxylation is 1. The van der Waals surface area contributed by atoms with Crippen molar-refractivity contribution in [2.24, 2.45) is 7.05 Å². The van der Waals surface area contributed by atoms with Crippen molar-refractivity contribution in [2.45, 2.75) is 19.8 Å². The number of benzene rings is 1. The molecular formula is C22H24FN3O4. The van der Waals surface area contributed by atoms with Crippen molar-refractivity contribution < 1.29 is 19.0 Å². The lowest BCUT2D eigenvalue weighted by Gasteiger charge is -2.12. The number of aromatic nitrogens is 2. The molecule has 0 aliphatic carbocycles. The highest BCUT2D eigenvalue weighted by Crippen LogP contribution is 2.25. The third kappa shape index (κ3) is 4.65. The van der Waals surface area contributed by atoms with Crippen molar-refractivity contribution in [3.8, 4) is 5.75 Å². The van der Waals surface area contributed by atoms with E-state index in [2.05, 4.69) is 10.3 Å². The van der Waals surface area contributed by atoms with E-state index in [1.165, 1.54) is 23.7 Å². The van der Waals surface area contributed by atoms with Crippen LogP contribution in [-0.2, 0) is 18.2 Å². The lowest BCUT2D eigenvalue weighted by molar-refractivity contribution is 0.0940. The molecule has 2 heterocycles. The minimum absolute atomic E-state index is 0.166.